The molecule has 1 saturated heterocycles. The number of carbonyl (C=O) groups is 1. The second kappa shape index (κ2) is 10.2. The molecule has 0 atom stereocenters. The summed E-state index contributed by atoms with van der Waals surface area (Å²) in [5.41, 5.74) is 1.99. The standard InChI is InChI=1S/C25H25BrFN3O2S/c1-3-33-25-23-18(15-21(27)24(25)29-12-10-28(2)11-13-29)14-19(16-30(23)32)22(31)9-6-17-4-7-20(26)8-5-17/h4-9,14-16H,3,10-13H2,1-2H3. The first-order valence-corrected chi connectivity index (χ1v) is 12.6. The maximum atomic E-state index is 15.4. The van der Waals surface area contributed by atoms with Gasteiger partial charge in [-0.25, -0.2) is 4.39 Å². The highest BCUT2D eigenvalue weighted by atomic mass is 79.9. The first-order chi connectivity index (χ1) is 15.9. The molecule has 0 radical (unpaired) electrons. The quantitative estimate of drug-likeness (QED) is 0.145. The van der Waals surface area contributed by atoms with Crippen molar-refractivity contribution in [3.63, 3.8) is 0 Å². The van der Waals surface area contributed by atoms with E-state index in [-0.39, 0.29) is 17.2 Å². The molecule has 0 N–H and O–H groups in total. The van der Waals surface area contributed by atoms with Gasteiger partial charge in [0, 0.05) is 30.7 Å². The SMILES string of the molecule is CCSc1c(N2CCN(C)CC2)c(F)cc2cc(C(=O)C=Cc3ccc(Br)cc3)c[n+]([O-])c12. The zero-order valence-corrected chi connectivity index (χ0v) is 21.0. The fourth-order valence-corrected chi connectivity index (χ4v) is 5.20. The number of halogens is 2. The van der Waals surface area contributed by atoms with Crippen molar-refractivity contribution in [2.24, 2.45) is 0 Å². The number of piperazine rings is 1. The number of nitrogens with zero attached hydrogens (tertiary/aromatic N) is 3. The Balaban J connectivity index is 1.73. The van der Waals surface area contributed by atoms with Gasteiger partial charge in [0.1, 0.15) is 10.7 Å². The molecule has 2 heterocycles. The van der Waals surface area contributed by atoms with Crippen LogP contribution in [0, 0.1) is 11.0 Å². The van der Waals surface area contributed by atoms with Crippen LogP contribution in [0.5, 0.6) is 0 Å². The Morgan fingerprint density at radius 3 is 2.58 bits per heavy atom. The number of carbonyl (C=O) groups excluding carboxylic acids is 1. The van der Waals surface area contributed by atoms with Crippen LogP contribution in [0.4, 0.5) is 10.1 Å². The summed E-state index contributed by atoms with van der Waals surface area (Å²) < 4.78 is 17.0. The summed E-state index contributed by atoms with van der Waals surface area (Å²) in [7, 11) is 2.05. The van der Waals surface area contributed by atoms with Crippen LogP contribution in [0.15, 0.2) is 58.0 Å². The highest BCUT2D eigenvalue weighted by Gasteiger charge is 2.27. The van der Waals surface area contributed by atoms with Gasteiger partial charge in [-0.15, -0.1) is 11.8 Å². The van der Waals surface area contributed by atoms with Crippen LogP contribution in [0.2, 0.25) is 0 Å². The number of fused-ring (bicyclic) bond motifs is 1. The van der Waals surface area contributed by atoms with Crippen molar-refractivity contribution in [2.75, 3.05) is 43.9 Å². The molecule has 2 aromatic carbocycles. The Morgan fingerprint density at radius 2 is 1.91 bits per heavy atom. The van der Waals surface area contributed by atoms with E-state index < -0.39 is 0 Å². The Kier molecular flexibility index (Phi) is 7.36. The molecule has 1 aromatic heterocycles. The van der Waals surface area contributed by atoms with Crippen molar-refractivity contribution in [1.82, 2.24) is 4.90 Å². The predicted octanol–water partition coefficient (Wildman–Crippen LogP) is 5.13. The number of allylic oxidation sites excluding steroid dienone is 1. The lowest BCUT2D eigenvalue weighted by Gasteiger charge is -2.35. The largest absolute Gasteiger partial charge is 0.618 e. The molecule has 3 aromatic rings. The fourth-order valence-electron chi connectivity index (χ4n) is 3.94. The molecule has 1 aliphatic rings. The highest BCUT2D eigenvalue weighted by molar-refractivity contribution is 9.10. The molecule has 33 heavy (non-hydrogen) atoms. The van der Waals surface area contributed by atoms with Crippen LogP contribution >= 0.6 is 27.7 Å². The van der Waals surface area contributed by atoms with Gasteiger partial charge in [-0.05, 0) is 48.7 Å². The third-order valence-corrected chi connectivity index (χ3v) is 7.18. The first-order valence-electron chi connectivity index (χ1n) is 10.8. The van der Waals surface area contributed by atoms with Crippen LogP contribution < -0.4 is 9.63 Å². The number of rotatable bonds is 6. The van der Waals surface area contributed by atoms with Gasteiger partial charge >= 0.3 is 0 Å². The van der Waals surface area contributed by atoms with Crippen molar-refractivity contribution < 1.29 is 13.9 Å². The summed E-state index contributed by atoms with van der Waals surface area (Å²) in [6.45, 7) is 5.06. The number of aromatic nitrogens is 1. The van der Waals surface area contributed by atoms with Crippen molar-refractivity contribution >= 4 is 56.1 Å². The number of benzene rings is 2. The zero-order valence-electron chi connectivity index (χ0n) is 18.6. The number of anilines is 1. The maximum absolute atomic E-state index is 15.4. The van der Waals surface area contributed by atoms with E-state index in [9.17, 15) is 10.0 Å². The monoisotopic (exact) mass is 529 g/mol. The van der Waals surface area contributed by atoms with E-state index >= 15 is 4.39 Å². The highest BCUT2D eigenvalue weighted by Crippen LogP contribution is 2.38. The third kappa shape index (κ3) is 5.23. The van der Waals surface area contributed by atoms with Gasteiger partial charge in [-0.1, -0.05) is 41.1 Å². The summed E-state index contributed by atoms with van der Waals surface area (Å²) >= 11 is 4.84. The number of ketones is 1. The van der Waals surface area contributed by atoms with E-state index in [4.69, 9.17) is 0 Å². The van der Waals surface area contributed by atoms with Gasteiger partial charge in [-0.3, -0.25) is 4.79 Å². The van der Waals surface area contributed by atoms with Gasteiger partial charge < -0.3 is 15.0 Å². The van der Waals surface area contributed by atoms with E-state index in [2.05, 4.69) is 20.8 Å². The molecule has 1 aliphatic heterocycles. The number of hydrogen-bond donors (Lipinski definition) is 0. The Hall–Kier alpha value is -2.42. The molecule has 1 fully saturated rings. The molecule has 4 rings (SSSR count). The minimum atomic E-state index is -0.363. The minimum absolute atomic E-state index is 0.227. The fraction of sp³-hybridized carbons (Fsp3) is 0.280. The molecule has 0 amide bonds. The molecule has 0 bridgehead atoms. The van der Waals surface area contributed by atoms with Crippen molar-refractivity contribution in [3.05, 3.63) is 75.3 Å². The van der Waals surface area contributed by atoms with Gasteiger partial charge in [0.2, 0.25) is 5.52 Å². The lowest BCUT2D eigenvalue weighted by atomic mass is 10.1. The lowest BCUT2D eigenvalue weighted by Crippen LogP contribution is -2.45. The number of likely N-dealkylation sites (N-methyl/N-ethyl adjacent to an activating group) is 1. The average Bonchev–Trinajstić information content (AvgIpc) is 2.79. The average molecular weight is 530 g/mol. The summed E-state index contributed by atoms with van der Waals surface area (Å²) in [5.74, 6) is 0.0336. The Bertz CT molecular complexity index is 1210. The minimum Gasteiger partial charge on any atom is -0.618 e. The Morgan fingerprint density at radius 1 is 1.21 bits per heavy atom. The molecule has 5 nitrogen and oxygen atoms in total. The number of pyridine rings is 1. The van der Waals surface area contributed by atoms with Crippen LogP contribution in [0.25, 0.3) is 17.0 Å². The first kappa shape index (κ1) is 23.7. The normalized spacial score (nSPS) is 15.0. The van der Waals surface area contributed by atoms with Gasteiger partial charge in [0.05, 0.1) is 16.6 Å². The summed E-state index contributed by atoms with van der Waals surface area (Å²) in [5, 5.41) is 13.5. The van der Waals surface area contributed by atoms with Gasteiger partial charge in [-0.2, -0.15) is 4.73 Å². The van der Waals surface area contributed by atoms with E-state index in [0.717, 1.165) is 23.1 Å². The molecule has 172 valence electrons. The summed E-state index contributed by atoms with van der Waals surface area (Å²) in [6.07, 6.45) is 4.42. The van der Waals surface area contributed by atoms with Gasteiger partial charge in [0.15, 0.2) is 12.0 Å². The van der Waals surface area contributed by atoms with Crippen LogP contribution in [-0.2, 0) is 0 Å². The molecule has 0 aliphatic carbocycles. The second-order valence-electron chi connectivity index (χ2n) is 8.00. The van der Waals surface area contributed by atoms with Crippen LogP contribution in [0.1, 0.15) is 22.8 Å². The molecule has 0 unspecified atom stereocenters. The van der Waals surface area contributed by atoms with E-state index in [0.29, 0.717) is 45.1 Å². The van der Waals surface area contributed by atoms with Crippen molar-refractivity contribution in [1.29, 1.82) is 0 Å². The number of thioether (sulfide) groups is 1. The zero-order chi connectivity index (χ0) is 23.5. The van der Waals surface area contributed by atoms with Crippen molar-refractivity contribution in [2.45, 2.75) is 11.8 Å². The van der Waals surface area contributed by atoms with E-state index in [1.807, 2.05) is 43.1 Å². The topological polar surface area (TPSA) is 50.5 Å². The summed E-state index contributed by atoms with van der Waals surface area (Å²) in [6, 6.07) is 10.5. The molecular weight excluding hydrogens is 505 g/mol. The van der Waals surface area contributed by atoms with E-state index in [1.54, 1.807) is 12.1 Å². The van der Waals surface area contributed by atoms with E-state index in [1.165, 1.54) is 30.1 Å². The smallest absolute Gasteiger partial charge is 0.239 e. The molecule has 8 heteroatoms. The molecular formula is C25H25BrFN3O2S. The molecule has 0 saturated carbocycles. The second-order valence-corrected chi connectivity index (χ2v) is 10.2. The lowest BCUT2D eigenvalue weighted by molar-refractivity contribution is -0.578. The Labute approximate surface area is 205 Å². The molecule has 0 spiro atoms. The number of hydrogen-bond acceptors (Lipinski definition) is 5. The van der Waals surface area contributed by atoms with Crippen LogP contribution in [0.3, 0.4) is 0 Å². The third-order valence-electron chi connectivity index (χ3n) is 5.69. The van der Waals surface area contributed by atoms with Crippen molar-refractivity contribution in [3.8, 4) is 0 Å². The summed E-state index contributed by atoms with van der Waals surface area (Å²) in [4.78, 5) is 17.6. The van der Waals surface area contributed by atoms with Gasteiger partial charge in [0.25, 0.3) is 0 Å². The van der Waals surface area contributed by atoms with Crippen LogP contribution in [-0.4, -0.2) is 49.7 Å². The predicted molar refractivity (Wildman–Crippen MR) is 136 cm³/mol. The maximum Gasteiger partial charge on any atom is 0.239 e.